The highest BCUT2D eigenvalue weighted by atomic mass is 35.5. The molecule has 0 radical (unpaired) electrons. The number of ether oxygens (including phenoxy) is 1. The number of fused-ring (bicyclic) bond motifs is 6. The molecule has 1 unspecified atom stereocenters. The fourth-order valence-electron chi connectivity index (χ4n) is 9.47. The second-order valence-electron chi connectivity index (χ2n) is 20.8. The molecule has 4 aromatic carbocycles. The molecule has 19 heteroatoms. The van der Waals surface area contributed by atoms with Crippen molar-refractivity contribution in [3.8, 4) is 11.5 Å². The number of halogens is 2. The lowest BCUT2D eigenvalue weighted by molar-refractivity contribution is -0.137. The SMILES string of the molecule is CN(CCN(C)C(=O)Oc1cc2c(c3ccccc13)C(CCl)CN2C(=O)CCCC(=O)N1C[C@@H](CCl)c2c1cc(OP(=O)(OC(C)(C)C)OC(C)(C)C)c1ccccc21)C(=O)CCCCCN1C(=O)C=CC1=O. The van der Waals surface area contributed by atoms with Gasteiger partial charge >= 0.3 is 13.9 Å². The quantitative estimate of drug-likeness (QED) is 0.0357. The van der Waals surface area contributed by atoms with Gasteiger partial charge in [-0.1, -0.05) is 55.0 Å². The smallest absolute Gasteiger partial charge is 0.409 e. The molecule has 0 aliphatic carbocycles. The Balaban J connectivity index is 1.01. The van der Waals surface area contributed by atoms with Crippen LogP contribution in [0.15, 0.2) is 72.8 Å². The fourth-order valence-corrected chi connectivity index (χ4v) is 11.8. The number of nitrogens with zero attached hydrogens (tertiary/aromatic N) is 5. The molecule has 0 fully saturated rings. The van der Waals surface area contributed by atoms with Crippen LogP contribution < -0.4 is 19.1 Å². The molecule has 0 saturated heterocycles. The lowest BCUT2D eigenvalue weighted by atomic mass is 9.95. The molecule has 3 aliphatic rings. The Kier molecular flexibility index (Phi) is 17.4. The zero-order chi connectivity index (χ0) is 53.0. The Bertz CT molecular complexity index is 2820. The number of phosphoric ester groups is 1. The van der Waals surface area contributed by atoms with Gasteiger partial charge in [-0.3, -0.25) is 37.9 Å². The van der Waals surface area contributed by atoms with Crippen molar-refractivity contribution in [2.45, 2.75) is 110 Å². The third kappa shape index (κ3) is 13.1. The van der Waals surface area contributed by atoms with Crippen LogP contribution in [0.5, 0.6) is 11.5 Å². The van der Waals surface area contributed by atoms with Gasteiger partial charge in [-0.15, -0.1) is 23.2 Å². The van der Waals surface area contributed by atoms with Gasteiger partial charge in [0.15, 0.2) is 0 Å². The van der Waals surface area contributed by atoms with Crippen LogP contribution in [-0.4, -0.2) is 120 Å². The number of carbonyl (C=O) groups is 6. The minimum absolute atomic E-state index is 0.0403. The van der Waals surface area contributed by atoms with E-state index in [1.54, 1.807) is 82.5 Å². The predicted octanol–water partition coefficient (Wildman–Crippen LogP) is 10.7. The van der Waals surface area contributed by atoms with Gasteiger partial charge in [-0.25, -0.2) is 9.36 Å². The number of likely N-dealkylation sites (N-methyl/N-ethyl adjacent to an activating group) is 2. The van der Waals surface area contributed by atoms with Crippen LogP contribution in [0, 0.1) is 0 Å². The van der Waals surface area contributed by atoms with Crippen molar-refractivity contribution in [2.75, 3.05) is 68.4 Å². The summed E-state index contributed by atoms with van der Waals surface area (Å²) in [6.07, 6.45) is 4.32. The van der Waals surface area contributed by atoms with E-state index in [-0.39, 0.29) is 103 Å². The summed E-state index contributed by atoms with van der Waals surface area (Å²) in [6.45, 7) is 11.9. The summed E-state index contributed by atoms with van der Waals surface area (Å²) in [4.78, 5) is 86.0. The first-order chi connectivity index (χ1) is 34.5. The number of benzene rings is 4. The zero-order valence-corrected chi connectivity index (χ0v) is 45.3. The first-order valence-corrected chi connectivity index (χ1v) is 27.3. The molecule has 0 N–H and O–H groups in total. The lowest BCUT2D eigenvalue weighted by Crippen LogP contribution is -2.38. The van der Waals surface area contributed by atoms with Gasteiger partial charge in [0.1, 0.15) is 11.5 Å². The topological polar surface area (TPSA) is 173 Å². The van der Waals surface area contributed by atoms with E-state index in [1.807, 2.05) is 48.5 Å². The number of phosphoric acid groups is 1. The predicted molar refractivity (Wildman–Crippen MR) is 284 cm³/mol. The van der Waals surface area contributed by atoms with Crippen LogP contribution in [0.4, 0.5) is 16.2 Å². The second kappa shape index (κ2) is 22.9. The van der Waals surface area contributed by atoms with Gasteiger partial charge in [0.25, 0.3) is 11.8 Å². The Morgan fingerprint density at radius 2 is 1.11 bits per heavy atom. The number of alkyl halides is 2. The Hall–Kier alpha value is -5.51. The normalized spacial score (nSPS) is 16.7. The summed E-state index contributed by atoms with van der Waals surface area (Å²) >= 11 is 13.1. The summed E-state index contributed by atoms with van der Waals surface area (Å²) in [7, 11) is -0.973. The van der Waals surface area contributed by atoms with Crippen molar-refractivity contribution in [3.63, 3.8) is 0 Å². The maximum atomic E-state index is 14.4. The van der Waals surface area contributed by atoms with E-state index < -0.39 is 25.1 Å². The molecule has 0 saturated carbocycles. The van der Waals surface area contributed by atoms with Crippen molar-refractivity contribution in [2.24, 2.45) is 0 Å². The molecular formula is C54H66Cl2N5O11P. The average Bonchev–Trinajstić information content (AvgIpc) is 4.00. The van der Waals surface area contributed by atoms with Crippen molar-refractivity contribution in [1.29, 1.82) is 0 Å². The van der Waals surface area contributed by atoms with E-state index in [4.69, 9.17) is 41.5 Å². The molecule has 4 aromatic rings. The number of hydrogen-bond acceptors (Lipinski definition) is 11. The van der Waals surface area contributed by atoms with E-state index in [2.05, 4.69) is 0 Å². The molecule has 6 amide bonds. The lowest BCUT2D eigenvalue weighted by Gasteiger charge is -2.31. The first-order valence-electron chi connectivity index (χ1n) is 24.8. The number of anilines is 2. The number of unbranched alkanes of at least 4 members (excludes halogenated alkanes) is 2. The van der Waals surface area contributed by atoms with Gasteiger partial charge in [0.05, 0.1) is 22.6 Å². The van der Waals surface area contributed by atoms with Gasteiger partial charge in [-0.2, -0.15) is 0 Å². The molecule has 2 atom stereocenters. The minimum atomic E-state index is -4.23. The number of imide groups is 1. The molecule has 73 heavy (non-hydrogen) atoms. The first kappa shape index (κ1) is 55.2. The third-order valence-corrected chi connectivity index (χ3v) is 15.6. The molecule has 0 bridgehead atoms. The van der Waals surface area contributed by atoms with Gasteiger partial charge in [0, 0.05) is 125 Å². The van der Waals surface area contributed by atoms with Crippen molar-refractivity contribution in [1.82, 2.24) is 14.7 Å². The van der Waals surface area contributed by atoms with Gasteiger partial charge < -0.3 is 28.9 Å². The second-order valence-corrected chi connectivity index (χ2v) is 22.9. The molecule has 7 rings (SSSR count). The molecule has 0 spiro atoms. The maximum Gasteiger partial charge on any atom is 0.531 e. The van der Waals surface area contributed by atoms with Gasteiger partial charge in [-0.05, 0) is 82.7 Å². The van der Waals surface area contributed by atoms with E-state index in [0.717, 1.165) is 21.9 Å². The molecule has 3 heterocycles. The Labute approximate surface area is 437 Å². The van der Waals surface area contributed by atoms with E-state index >= 15 is 0 Å². The zero-order valence-electron chi connectivity index (χ0n) is 42.9. The van der Waals surface area contributed by atoms with E-state index in [0.29, 0.717) is 61.0 Å². The number of amides is 6. The summed E-state index contributed by atoms with van der Waals surface area (Å²) in [5.41, 5.74) is 1.12. The van der Waals surface area contributed by atoms with Crippen LogP contribution in [0.2, 0.25) is 0 Å². The molecule has 0 aromatic heterocycles. The van der Waals surface area contributed by atoms with Crippen molar-refractivity contribution in [3.05, 3.63) is 83.9 Å². The van der Waals surface area contributed by atoms with Crippen LogP contribution >= 0.6 is 31.0 Å². The number of hydrogen-bond donors (Lipinski definition) is 0. The van der Waals surface area contributed by atoms with Crippen LogP contribution in [-0.2, 0) is 37.6 Å². The fraction of sp³-hybridized carbons (Fsp3) is 0.481. The molecule has 3 aliphatic heterocycles. The highest BCUT2D eigenvalue weighted by molar-refractivity contribution is 7.49. The summed E-state index contributed by atoms with van der Waals surface area (Å²) in [6, 6.07) is 18.4. The van der Waals surface area contributed by atoms with Crippen LogP contribution in [0.3, 0.4) is 0 Å². The van der Waals surface area contributed by atoms with Crippen LogP contribution in [0.1, 0.15) is 109 Å². The average molecular weight is 1060 g/mol. The minimum Gasteiger partial charge on any atom is -0.409 e. The monoisotopic (exact) mass is 1060 g/mol. The Morgan fingerprint density at radius 3 is 1.60 bits per heavy atom. The van der Waals surface area contributed by atoms with Crippen molar-refractivity contribution < 1.29 is 51.6 Å². The standard InChI is InChI=1S/C54H66Cl2N5O11P/c1-53(2,3)71-73(68,72-54(4,5)6)70-44-30-42-51(40-20-14-12-18-38(40)44)36(32-56)34-61(42)47(64)23-16-22-46(63)60-33-35(31-55)50-39-19-13-11-17-37(39)43(29-41(50)60)69-52(67)58(8)28-27-57(7)45(62)21-10-9-15-26-59-48(65)24-25-49(59)66/h11-14,17-20,24-25,29-30,35-36H,9-10,15-16,21-23,26-28,31-34H2,1-8H3/t35?,36-/m1/s1. The maximum absolute atomic E-state index is 14.4. The highest BCUT2D eigenvalue weighted by Crippen LogP contribution is 2.58. The van der Waals surface area contributed by atoms with Gasteiger partial charge in [0.2, 0.25) is 17.7 Å². The Morgan fingerprint density at radius 1 is 0.644 bits per heavy atom. The molecular weight excluding hydrogens is 996 g/mol. The molecule has 16 nitrogen and oxygen atoms in total. The highest BCUT2D eigenvalue weighted by Gasteiger charge is 2.41. The summed E-state index contributed by atoms with van der Waals surface area (Å²) < 4.78 is 38.6. The van der Waals surface area contributed by atoms with E-state index in [1.165, 1.54) is 22.0 Å². The van der Waals surface area contributed by atoms with E-state index in [9.17, 15) is 33.3 Å². The van der Waals surface area contributed by atoms with Crippen molar-refractivity contribution >= 4 is 99.6 Å². The van der Waals surface area contributed by atoms with Crippen LogP contribution in [0.25, 0.3) is 21.5 Å². The molecule has 392 valence electrons. The largest absolute Gasteiger partial charge is 0.531 e. The summed E-state index contributed by atoms with van der Waals surface area (Å²) in [5, 5.41) is 2.93. The summed E-state index contributed by atoms with van der Waals surface area (Å²) in [5.74, 6) is -0.617. The number of carbonyl (C=O) groups excluding carboxylic acids is 6. The third-order valence-electron chi connectivity index (χ3n) is 12.9. The number of rotatable bonds is 20.